The molecule has 1 N–H and O–H groups in total. The van der Waals surface area contributed by atoms with Crippen LogP contribution in [0.2, 0.25) is 0 Å². The van der Waals surface area contributed by atoms with Crippen molar-refractivity contribution in [1.29, 1.82) is 0 Å². The van der Waals surface area contributed by atoms with Crippen molar-refractivity contribution in [3.8, 4) is 0 Å². The number of nitrogens with one attached hydrogen (secondary N) is 1. The molecule has 0 radical (unpaired) electrons. The topological polar surface area (TPSA) is 58.6 Å². The minimum absolute atomic E-state index is 0.00591. The first-order valence-electron chi connectivity index (χ1n) is 14.3. The molecule has 4 aliphatic rings. The van der Waals surface area contributed by atoms with Gasteiger partial charge in [0.25, 0.3) is 0 Å². The summed E-state index contributed by atoms with van der Waals surface area (Å²) in [7, 11) is 0. The number of carbonyl (C=O) groups is 2. The van der Waals surface area contributed by atoms with E-state index in [1.54, 1.807) is 0 Å². The van der Waals surface area contributed by atoms with E-state index in [4.69, 9.17) is 27.9 Å². The first-order valence-corrected chi connectivity index (χ1v) is 15.3. The molecule has 7 heteroatoms. The number of nitrogens with zero attached hydrogens (tertiary/aromatic N) is 1. The van der Waals surface area contributed by atoms with Gasteiger partial charge in [-0.1, -0.05) is 6.92 Å². The van der Waals surface area contributed by atoms with Crippen LogP contribution in [0.5, 0.6) is 0 Å². The molecule has 1 saturated heterocycles. The monoisotopic (exact) mass is 548 g/mol. The van der Waals surface area contributed by atoms with Gasteiger partial charge in [0.15, 0.2) is 0 Å². The number of hydrogen-bond acceptors (Lipinski definition) is 4. The molecule has 1 aromatic carbocycles. The molecular formula is C30H42Cl2N2O3. The predicted octanol–water partition coefficient (Wildman–Crippen LogP) is 6.41. The average Bonchev–Trinajstić information content (AvgIpc) is 2.88. The molecule has 5 rings (SSSR count). The fourth-order valence-corrected chi connectivity index (χ4v) is 9.01. The van der Waals surface area contributed by atoms with Gasteiger partial charge < -0.3 is 15.0 Å². The molecule has 1 aromatic rings. The van der Waals surface area contributed by atoms with Gasteiger partial charge in [0, 0.05) is 42.5 Å². The number of alkyl halides is 2. The summed E-state index contributed by atoms with van der Waals surface area (Å²) in [4.78, 5) is 27.3. The smallest absolute Gasteiger partial charge is 0.338 e. The van der Waals surface area contributed by atoms with Crippen LogP contribution in [0, 0.1) is 29.1 Å². The van der Waals surface area contributed by atoms with Crippen LogP contribution in [0.1, 0.15) is 82.0 Å². The second-order valence-electron chi connectivity index (χ2n) is 12.4. The lowest BCUT2D eigenvalue weighted by Crippen LogP contribution is -2.63. The van der Waals surface area contributed by atoms with Gasteiger partial charge in [0.05, 0.1) is 5.56 Å². The molecule has 1 aliphatic heterocycles. The Morgan fingerprint density at radius 1 is 1.00 bits per heavy atom. The van der Waals surface area contributed by atoms with Gasteiger partial charge in [0.1, 0.15) is 6.10 Å². The molecule has 7 unspecified atom stereocenters. The van der Waals surface area contributed by atoms with Crippen LogP contribution in [-0.2, 0) is 9.53 Å². The van der Waals surface area contributed by atoms with Crippen LogP contribution in [0.15, 0.2) is 24.3 Å². The summed E-state index contributed by atoms with van der Waals surface area (Å²) >= 11 is 11.9. The van der Waals surface area contributed by atoms with Crippen molar-refractivity contribution < 1.29 is 14.3 Å². The molecule has 0 aromatic heterocycles. The SMILES string of the molecule is CC12CCC3C(CCC4CC(OC(=O)c5ccc(N(CCCl)CCCl)cc5)CCC43C)C1CCC(=O)N2. The van der Waals surface area contributed by atoms with E-state index < -0.39 is 0 Å². The summed E-state index contributed by atoms with van der Waals surface area (Å²) in [5.74, 6) is 3.69. The van der Waals surface area contributed by atoms with Crippen molar-refractivity contribution >= 4 is 40.8 Å². The van der Waals surface area contributed by atoms with Crippen molar-refractivity contribution in [2.24, 2.45) is 29.1 Å². The zero-order chi connectivity index (χ0) is 26.2. The maximum absolute atomic E-state index is 13.0. The molecule has 204 valence electrons. The Labute approximate surface area is 232 Å². The van der Waals surface area contributed by atoms with Gasteiger partial charge in [-0.05, 0) is 112 Å². The fourth-order valence-electron chi connectivity index (χ4n) is 8.60. The van der Waals surface area contributed by atoms with Gasteiger partial charge in [-0.2, -0.15) is 0 Å². The van der Waals surface area contributed by atoms with E-state index >= 15 is 0 Å². The molecule has 0 spiro atoms. The first-order chi connectivity index (χ1) is 17.8. The lowest BCUT2D eigenvalue weighted by Gasteiger charge is -2.62. The van der Waals surface area contributed by atoms with Crippen molar-refractivity contribution in [3.63, 3.8) is 0 Å². The third kappa shape index (κ3) is 5.24. The van der Waals surface area contributed by atoms with E-state index in [1.807, 2.05) is 24.3 Å². The minimum atomic E-state index is -0.221. The number of ether oxygens (including phenoxy) is 1. The summed E-state index contributed by atoms with van der Waals surface area (Å²) in [6.45, 7) is 6.24. The number of carbonyl (C=O) groups excluding carboxylic acids is 2. The highest BCUT2D eigenvalue weighted by molar-refractivity contribution is 6.18. The number of hydrogen-bond donors (Lipinski definition) is 1. The van der Waals surface area contributed by atoms with Gasteiger partial charge in [0.2, 0.25) is 5.91 Å². The van der Waals surface area contributed by atoms with Crippen LogP contribution in [-0.4, -0.2) is 48.4 Å². The van der Waals surface area contributed by atoms with E-state index in [1.165, 1.54) is 19.3 Å². The number of anilines is 1. The molecular weight excluding hydrogens is 507 g/mol. The maximum Gasteiger partial charge on any atom is 0.338 e. The van der Waals surface area contributed by atoms with Crippen molar-refractivity contribution in [1.82, 2.24) is 5.32 Å². The molecule has 0 bridgehead atoms. The Balaban J connectivity index is 1.20. The number of halogens is 2. The second-order valence-corrected chi connectivity index (χ2v) is 13.2. The minimum Gasteiger partial charge on any atom is -0.459 e. The number of rotatable bonds is 7. The van der Waals surface area contributed by atoms with Crippen molar-refractivity contribution in [2.45, 2.75) is 83.3 Å². The number of amides is 1. The fraction of sp³-hybridized carbons (Fsp3) is 0.733. The first kappa shape index (κ1) is 27.1. The molecule has 37 heavy (non-hydrogen) atoms. The Morgan fingerprint density at radius 3 is 2.43 bits per heavy atom. The normalized spacial score (nSPS) is 37.0. The molecule has 4 fully saturated rings. The summed E-state index contributed by atoms with van der Waals surface area (Å²) in [6.07, 6.45) is 9.49. The highest BCUT2D eigenvalue weighted by Gasteiger charge is 2.58. The Hall–Kier alpha value is -1.46. The Morgan fingerprint density at radius 2 is 1.73 bits per heavy atom. The lowest BCUT2D eigenvalue weighted by atomic mass is 9.45. The largest absolute Gasteiger partial charge is 0.459 e. The third-order valence-corrected chi connectivity index (χ3v) is 10.9. The highest BCUT2D eigenvalue weighted by atomic mass is 35.5. The summed E-state index contributed by atoms with van der Waals surface area (Å²) in [5.41, 5.74) is 1.91. The summed E-state index contributed by atoms with van der Waals surface area (Å²) in [5, 5.41) is 3.37. The Bertz CT molecular complexity index is 982. The summed E-state index contributed by atoms with van der Waals surface area (Å²) < 4.78 is 6.07. The Kier molecular flexibility index (Phi) is 8.03. The number of esters is 1. The van der Waals surface area contributed by atoms with Crippen molar-refractivity contribution in [3.05, 3.63) is 29.8 Å². The molecule has 1 amide bonds. The van der Waals surface area contributed by atoms with Gasteiger partial charge >= 0.3 is 5.97 Å². The lowest BCUT2D eigenvalue weighted by molar-refractivity contribution is -0.142. The predicted molar refractivity (Wildman–Crippen MR) is 149 cm³/mol. The average molecular weight is 550 g/mol. The van der Waals surface area contributed by atoms with Crippen LogP contribution >= 0.6 is 23.2 Å². The highest BCUT2D eigenvalue weighted by Crippen LogP contribution is 2.62. The van der Waals surface area contributed by atoms with Gasteiger partial charge in [-0.15, -0.1) is 23.2 Å². The molecule has 3 aliphatic carbocycles. The number of fused-ring (bicyclic) bond motifs is 5. The molecule has 5 nitrogen and oxygen atoms in total. The van der Waals surface area contributed by atoms with E-state index in [0.717, 1.165) is 50.9 Å². The van der Waals surface area contributed by atoms with Crippen LogP contribution in [0.3, 0.4) is 0 Å². The zero-order valence-electron chi connectivity index (χ0n) is 22.3. The van der Waals surface area contributed by atoms with Crippen molar-refractivity contribution in [2.75, 3.05) is 29.7 Å². The second kappa shape index (κ2) is 11.0. The van der Waals surface area contributed by atoms with E-state index in [2.05, 4.69) is 24.1 Å². The standard InChI is InChI=1S/C30H42Cl2N2O3/c1-29-13-11-23(37-28(36)20-3-6-22(7-4-20)34(17-15-31)18-16-32)19-21(29)5-8-24-25(29)12-14-30(2)26(24)9-10-27(35)33-30/h3-4,6-7,21,23-26H,5,8-19H2,1-2H3,(H,33,35). The maximum atomic E-state index is 13.0. The quantitative estimate of drug-likeness (QED) is 0.316. The van der Waals surface area contributed by atoms with E-state index in [0.29, 0.717) is 52.8 Å². The van der Waals surface area contributed by atoms with Gasteiger partial charge in [-0.25, -0.2) is 4.79 Å². The zero-order valence-corrected chi connectivity index (χ0v) is 23.8. The molecule has 1 heterocycles. The van der Waals surface area contributed by atoms with Crippen LogP contribution in [0.4, 0.5) is 5.69 Å². The van der Waals surface area contributed by atoms with Crippen LogP contribution < -0.4 is 10.2 Å². The van der Waals surface area contributed by atoms with E-state index in [-0.39, 0.29) is 23.5 Å². The summed E-state index contributed by atoms with van der Waals surface area (Å²) in [6, 6.07) is 7.62. The van der Waals surface area contributed by atoms with E-state index in [9.17, 15) is 9.59 Å². The number of benzene rings is 1. The van der Waals surface area contributed by atoms with Gasteiger partial charge in [-0.3, -0.25) is 4.79 Å². The molecule has 7 atom stereocenters. The van der Waals surface area contributed by atoms with Crippen LogP contribution in [0.25, 0.3) is 0 Å². The number of piperidine rings is 1. The third-order valence-electron chi connectivity index (χ3n) is 10.6. The molecule has 3 saturated carbocycles.